The Kier molecular flexibility index (Phi) is 4.98. The van der Waals surface area contributed by atoms with Gasteiger partial charge in [-0.2, -0.15) is 0 Å². The van der Waals surface area contributed by atoms with Gasteiger partial charge in [0.2, 0.25) is 0 Å². The normalized spacial score (nSPS) is 14.9. The topological polar surface area (TPSA) is 26.3 Å². The summed E-state index contributed by atoms with van der Waals surface area (Å²) < 4.78 is 16.8. The van der Waals surface area contributed by atoms with E-state index in [1.54, 1.807) is 0 Å². The van der Waals surface area contributed by atoms with Gasteiger partial charge in [-0.15, -0.1) is 0 Å². The highest BCUT2D eigenvalue weighted by atomic mass is 31.1. The molecule has 0 aliphatic rings. The minimum absolute atomic E-state index is 0.606. The second kappa shape index (κ2) is 4.91. The highest BCUT2D eigenvalue weighted by Gasteiger charge is 2.06. The molecule has 0 aliphatic heterocycles. The highest BCUT2D eigenvalue weighted by molar-refractivity contribution is 7.39. The Morgan fingerprint density at radius 2 is 1.91 bits per heavy atom. The number of likely N-dealkylation sites (N-methyl/N-ethyl adjacent to an activating group) is 1. The molecule has 0 saturated carbocycles. The Morgan fingerprint density at radius 1 is 1.36 bits per heavy atom. The average Bonchev–Trinajstić information content (AvgIpc) is 1.85. The van der Waals surface area contributed by atoms with E-state index in [4.69, 9.17) is 4.52 Å². The second-order valence-corrected chi connectivity index (χ2v) is 5.33. The van der Waals surface area contributed by atoms with E-state index in [9.17, 15) is 4.57 Å². The summed E-state index contributed by atoms with van der Waals surface area (Å²) in [6.45, 7) is 3.40. The maximum absolute atomic E-state index is 10.9. The van der Waals surface area contributed by atoms with Crippen molar-refractivity contribution in [3.8, 4) is 0 Å². The van der Waals surface area contributed by atoms with Crippen molar-refractivity contribution < 1.29 is 13.6 Å². The van der Waals surface area contributed by atoms with Crippen LogP contribution in [0.1, 0.15) is 6.92 Å². The van der Waals surface area contributed by atoms with E-state index in [0.29, 0.717) is 12.8 Å². The molecule has 68 valence electrons. The van der Waals surface area contributed by atoms with Gasteiger partial charge in [-0.25, -0.2) is 0 Å². The molecule has 3 nitrogen and oxygen atoms in total. The molecule has 0 fully saturated rings. The summed E-state index contributed by atoms with van der Waals surface area (Å²) in [7, 11) is 4.56. The lowest BCUT2D eigenvalue weighted by molar-refractivity contribution is -0.870. The molecule has 1 atom stereocenters. The molecule has 0 amide bonds. The fourth-order valence-corrected chi connectivity index (χ4v) is 1.06. The third-order valence-corrected chi connectivity index (χ3v) is 2.42. The van der Waals surface area contributed by atoms with Crippen LogP contribution in [0, 0.1) is 0 Å². The molecular weight excluding hydrogens is 161 g/mol. The quantitative estimate of drug-likeness (QED) is 0.469. The monoisotopic (exact) mass is 180 g/mol. The van der Waals surface area contributed by atoms with Crippen LogP contribution in [-0.4, -0.2) is 44.9 Å². The van der Waals surface area contributed by atoms with Gasteiger partial charge in [0.25, 0.3) is 0 Å². The zero-order valence-electron chi connectivity index (χ0n) is 7.89. The molecule has 1 unspecified atom stereocenters. The van der Waals surface area contributed by atoms with E-state index >= 15 is 0 Å². The van der Waals surface area contributed by atoms with Crippen molar-refractivity contribution in [2.75, 3.05) is 40.5 Å². The number of quaternary nitrogens is 1. The first-order valence-corrected chi connectivity index (χ1v) is 5.44. The summed E-state index contributed by atoms with van der Waals surface area (Å²) in [6.07, 6.45) is 0.655. The average molecular weight is 180 g/mol. The molecule has 0 aromatic rings. The largest absolute Gasteiger partial charge is 0.329 e. The first-order valence-electron chi connectivity index (χ1n) is 3.92. The standard InChI is InChI=1S/C7H19NO2P/c1-5-11(9)10-7-6-8(2,3)4/h11H,5-7H2,1-4H3/q+1. The third-order valence-electron chi connectivity index (χ3n) is 1.31. The molecule has 0 aliphatic carbocycles. The van der Waals surface area contributed by atoms with Crippen molar-refractivity contribution in [3.63, 3.8) is 0 Å². The summed E-state index contributed by atoms with van der Waals surface area (Å²) in [4.78, 5) is 0. The Balaban J connectivity index is 3.35. The molecular formula is C7H19NO2P+. The van der Waals surface area contributed by atoms with Gasteiger partial charge in [0.05, 0.1) is 21.1 Å². The minimum Gasteiger partial charge on any atom is -0.329 e. The summed E-state index contributed by atoms with van der Waals surface area (Å²) in [5, 5.41) is 0. The van der Waals surface area contributed by atoms with Gasteiger partial charge in [0.1, 0.15) is 13.2 Å². The van der Waals surface area contributed by atoms with E-state index in [1.165, 1.54) is 0 Å². The van der Waals surface area contributed by atoms with E-state index in [-0.39, 0.29) is 0 Å². The molecule has 0 saturated heterocycles. The van der Waals surface area contributed by atoms with Crippen molar-refractivity contribution in [2.45, 2.75) is 6.92 Å². The van der Waals surface area contributed by atoms with Gasteiger partial charge in [-0.3, -0.25) is 4.57 Å². The molecule has 4 heteroatoms. The number of nitrogens with zero attached hydrogens (tertiary/aromatic N) is 1. The molecule has 0 N–H and O–H groups in total. The predicted octanol–water partition coefficient (Wildman–Crippen LogP) is 1.20. The third kappa shape index (κ3) is 8.05. The van der Waals surface area contributed by atoms with Crippen LogP contribution in [0.4, 0.5) is 0 Å². The minimum atomic E-state index is -1.71. The van der Waals surface area contributed by atoms with Crippen LogP contribution in [0.2, 0.25) is 0 Å². The second-order valence-electron chi connectivity index (χ2n) is 3.59. The van der Waals surface area contributed by atoms with Gasteiger partial charge < -0.3 is 9.01 Å². The molecule has 0 heterocycles. The Labute approximate surface area is 69.8 Å². The Bertz CT molecular complexity index is 131. The fourth-order valence-electron chi connectivity index (χ4n) is 0.535. The summed E-state index contributed by atoms with van der Waals surface area (Å²) in [6, 6.07) is 0. The lowest BCUT2D eigenvalue weighted by atomic mass is 10.5. The fraction of sp³-hybridized carbons (Fsp3) is 1.00. The van der Waals surface area contributed by atoms with Gasteiger partial charge in [0.15, 0.2) is 8.03 Å². The van der Waals surface area contributed by atoms with E-state index in [0.717, 1.165) is 11.0 Å². The lowest BCUT2D eigenvalue weighted by Crippen LogP contribution is -2.37. The van der Waals surface area contributed by atoms with Crippen LogP contribution >= 0.6 is 8.03 Å². The number of hydrogen-bond acceptors (Lipinski definition) is 2. The molecule has 0 aromatic heterocycles. The molecule has 0 spiro atoms. The van der Waals surface area contributed by atoms with Crippen molar-refractivity contribution in [2.24, 2.45) is 0 Å². The summed E-state index contributed by atoms with van der Waals surface area (Å²) in [5.41, 5.74) is 0. The van der Waals surface area contributed by atoms with Crippen LogP contribution in [0.3, 0.4) is 0 Å². The summed E-state index contributed by atoms with van der Waals surface area (Å²) >= 11 is 0. The molecule has 0 radical (unpaired) electrons. The lowest BCUT2D eigenvalue weighted by Gasteiger charge is -2.23. The van der Waals surface area contributed by atoms with Crippen LogP contribution in [-0.2, 0) is 9.09 Å². The number of rotatable bonds is 5. The Morgan fingerprint density at radius 3 is 2.27 bits per heavy atom. The Hall–Kier alpha value is 0.150. The van der Waals surface area contributed by atoms with E-state index in [2.05, 4.69) is 21.1 Å². The van der Waals surface area contributed by atoms with Crippen molar-refractivity contribution >= 4 is 8.03 Å². The zero-order valence-corrected chi connectivity index (χ0v) is 8.89. The summed E-state index contributed by atoms with van der Waals surface area (Å²) in [5.74, 6) is 0. The molecule has 0 bridgehead atoms. The van der Waals surface area contributed by atoms with Crippen LogP contribution in [0.25, 0.3) is 0 Å². The highest BCUT2D eigenvalue weighted by Crippen LogP contribution is 2.20. The maximum atomic E-state index is 10.9. The van der Waals surface area contributed by atoms with Crippen LogP contribution in [0.5, 0.6) is 0 Å². The van der Waals surface area contributed by atoms with Crippen molar-refractivity contribution in [3.05, 3.63) is 0 Å². The van der Waals surface area contributed by atoms with Crippen LogP contribution in [0.15, 0.2) is 0 Å². The van der Waals surface area contributed by atoms with Gasteiger partial charge in [-0.1, -0.05) is 6.92 Å². The molecule has 0 rings (SSSR count). The molecule has 0 aromatic carbocycles. The van der Waals surface area contributed by atoms with Crippen LogP contribution < -0.4 is 0 Å². The first kappa shape index (κ1) is 11.2. The molecule has 11 heavy (non-hydrogen) atoms. The SMILES string of the molecule is CC[PH](=O)OCC[N+](C)(C)C. The smallest absolute Gasteiger partial charge is 0.191 e. The van der Waals surface area contributed by atoms with E-state index in [1.807, 2.05) is 6.92 Å². The van der Waals surface area contributed by atoms with Gasteiger partial charge in [0, 0.05) is 6.16 Å². The van der Waals surface area contributed by atoms with E-state index < -0.39 is 8.03 Å². The predicted molar refractivity (Wildman–Crippen MR) is 48.4 cm³/mol. The maximum Gasteiger partial charge on any atom is 0.191 e. The van der Waals surface area contributed by atoms with Crippen molar-refractivity contribution in [1.29, 1.82) is 0 Å². The number of hydrogen-bond donors (Lipinski definition) is 0. The van der Waals surface area contributed by atoms with Gasteiger partial charge in [-0.05, 0) is 0 Å². The van der Waals surface area contributed by atoms with Crippen molar-refractivity contribution in [1.82, 2.24) is 0 Å². The zero-order chi connectivity index (χ0) is 8.91. The van der Waals surface area contributed by atoms with Gasteiger partial charge >= 0.3 is 0 Å². The first-order chi connectivity index (χ1) is 4.95.